The van der Waals surface area contributed by atoms with E-state index in [0.717, 1.165) is 18.9 Å². The zero-order valence-corrected chi connectivity index (χ0v) is 13.2. The molecule has 1 saturated heterocycles. The lowest BCUT2D eigenvalue weighted by Crippen LogP contribution is -2.42. The summed E-state index contributed by atoms with van der Waals surface area (Å²) in [7, 11) is 4.46. The first-order chi connectivity index (χ1) is 8.83. The fourth-order valence-electron chi connectivity index (χ4n) is 2.68. The maximum absolute atomic E-state index is 7.56. The van der Waals surface area contributed by atoms with Crippen LogP contribution in [0.1, 0.15) is 46.0 Å². The molecule has 1 heterocycles. The molecule has 0 atom stereocenters. The van der Waals surface area contributed by atoms with Crippen LogP contribution in [-0.2, 0) is 0 Å². The first-order valence-corrected chi connectivity index (χ1v) is 7.56. The number of nitrogens with zero attached hydrogens (tertiary/aromatic N) is 2. The summed E-state index contributed by atoms with van der Waals surface area (Å²) < 4.78 is 0. The van der Waals surface area contributed by atoms with Gasteiger partial charge in [-0.15, -0.1) is 0 Å². The molecule has 1 fully saturated rings. The third kappa shape index (κ3) is 5.49. The Balaban J connectivity index is 2.17. The van der Waals surface area contributed by atoms with Crippen LogP contribution in [0, 0.1) is 10.8 Å². The predicted molar refractivity (Wildman–Crippen MR) is 82.7 cm³/mol. The Morgan fingerprint density at radius 3 is 2.42 bits per heavy atom. The molecule has 1 aliphatic heterocycles. The van der Waals surface area contributed by atoms with E-state index < -0.39 is 0 Å². The molecule has 112 valence electrons. The fraction of sp³-hybridized carbons (Fsp3) is 0.933. The van der Waals surface area contributed by atoms with Gasteiger partial charge in [0.1, 0.15) is 0 Å². The molecule has 0 unspecified atom stereocenters. The van der Waals surface area contributed by atoms with Gasteiger partial charge >= 0.3 is 0 Å². The molecule has 0 spiro atoms. The second-order valence-electron chi connectivity index (χ2n) is 6.77. The zero-order valence-electron chi connectivity index (χ0n) is 13.2. The van der Waals surface area contributed by atoms with Gasteiger partial charge in [-0.3, -0.25) is 5.41 Å². The number of hydrogen-bond acceptors (Lipinski definition) is 3. The van der Waals surface area contributed by atoms with E-state index in [2.05, 4.69) is 37.7 Å². The van der Waals surface area contributed by atoms with Crippen LogP contribution in [-0.4, -0.2) is 55.4 Å². The highest BCUT2D eigenvalue weighted by Crippen LogP contribution is 2.23. The van der Waals surface area contributed by atoms with Crippen molar-refractivity contribution in [3.63, 3.8) is 0 Å². The van der Waals surface area contributed by atoms with Crippen molar-refractivity contribution in [3.05, 3.63) is 0 Å². The molecule has 0 saturated carbocycles. The number of likely N-dealkylation sites (tertiary alicyclic amines) is 1. The summed E-state index contributed by atoms with van der Waals surface area (Å²) >= 11 is 0. The van der Waals surface area contributed by atoms with Crippen molar-refractivity contribution in [1.82, 2.24) is 9.80 Å². The Morgan fingerprint density at radius 2 is 1.89 bits per heavy atom. The molecule has 0 radical (unpaired) electrons. The number of rotatable bonds is 7. The van der Waals surface area contributed by atoms with E-state index in [1.165, 1.54) is 38.9 Å². The molecular formula is C15H32N4. The van der Waals surface area contributed by atoms with Crippen LogP contribution in [0.3, 0.4) is 0 Å². The van der Waals surface area contributed by atoms with Gasteiger partial charge in [-0.05, 0) is 59.4 Å². The van der Waals surface area contributed by atoms with E-state index in [1.807, 2.05) is 0 Å². The third-order valence-electron chi connectivity index (χ3n) is 4.60. The smallest absolute Gasteiger partial charge is 0.0963 e. The van der Waals surface area contributed by atoms with E-state index in [9.17, 15) is 0 Å². The highest BCUT2D eigenvalue weighted by atomic mass is 15.2. The number of piperidine rings is 1. The average Bonchev–Trinajstić information content (AvgIpc) is 2.35. The number of nitrogens with one attached hydrogen (secondary N) is 1. The van der Waals surface area contributed by atoms with Crippen LogP contribution in [0.15, 0.2) is 0 Å². The van der Waals surface area contributed by atoms with E-state index in [4.69, 9.17) is 11.1 Å². The van der Waals surface area contributed by atoms with Gasteiger partial charge in [-0.25, -0.2) is 0 Å². The van der Waals surface area contributed by atoms with Crippen molar-refractivity contribution < 1.29 is 0 Å². The van der Waals surface area contributed by atoms with Crippen molar-refractivity contribution in [1.29, 1.82) is 5.41 Å². The molecule has 0 aromatic carbocycles. The van der Waals surface area contributed by atoms with Crippen LogP contribution in [0.4, 0.5) is 0 Å². The quantitative estimate of drug-likeness (QED) is 0.422. The number of nitrogens with two attached hydrogens (primary N) is 1. The van der Waals surface area contributed by atoms with Crippen molar-refractivity contribution in [2.45, 2.75) is 52.0 Å². The molecule has 19 heavy (non-hydrogen) atoms. The third-order valence-corrected chi connectivity index (χ3v) is 4.60. The summed E-state index contributed by atoms with van der Waals surface area (Å²) in [5.41, 5.74) is 5.48. The molecule has 0 aromatic rings. The van der Waals surface area contributed by atoms with Gasteiger partial charge in [0.15, 0.2) is 0 Å². The lowest BCUT2D eigenvalue weighted by Gasteiger charge is -2.35. The van der Waals surface area contributed by atoms with Gasteiger partial charge < -0.3 is 15.5 Å². The van der Waals surface area contributed by atoms with Gasteiger partial charge in [0.25, 0.3) is 0 Å². The first kappa shape index (κ1) is 16.4. The highest BCUT2D eigenvalue weighted by molar-refractivity contribution is 5.82. The van der Waals surface area contributed by atoms with Crippen LogP contribution < -0.4 is 5.73 Å². The normalized spacial score (nSPS) is 19.0. The lowest BCUT2D eigenvalue weighted by molar-refractivity contribution is 0.142. The SMILES string of the molecule is CN1CCC(N(C)CCCCC(C)(C)C(=N)N)CC1. The van der Waals surface area contributed by atoms with E-state index in [1.54, 1.807) is 0 Å². The topological polar surface area (TPSA) is 56.4 Å². The second kappa shape index (κ2) is 7.25. The minimum atomic E-state index is -0.133. The molecular weight excluding hydrogens is 236 g/mol. The minimum Gasteiger partial charge on any atom is -0.387 e. The van der Waals surface area contributed by atoms with Crippen LogP contribution in [0.5, 0.6) is 0 Å². The standard InChI is InChI=1S/C15H32N4/c1-15(2,14(16)17)9-5-6-10-19(4)13-7-11-18(3)12-8-13/h13H,5-12H2,1-4H3,(H3,16,17). The van der Waals surface area contributed by atoms with Gasteiger partial charge in [0, 0.05) is 11.5 Å². The summed E-state index contributed by atoms with van der Waals surface area (Å²) in [5.74, 6) is 0.316. The van der Waals surface area contributed by atoms with E-state index in [-0.39, 0.29) is 5.41 Å². The lowest BCUT2D eigenvalue weighted by atomic mass is 9.86. The largest absolute Gasteiger partial charge is 0.387 e. The summed E-state index contributed by atoms with van der Waals surface area (Å²) in [4.78, 5) is 4.94. The number of unbranched alkanes of at least 4 members (excludes halogenated alkanes) is 1. The van der Waals surface area contributed by atoms with Crippen LogP contribution >= 0.6 is 0 Å². The Hall–Kier alpha value is -0.610. The Labute approximate surface area is 118 Å². The summed E-state index contributed by atoms with van der Waals surface area (Å²) in [6.45, 7) is 7.76. The second-order valence-corrected chi connectivity index (χ2v) is 6.77. The molecule has 0 amide bonds. The van der Waals surface area contributed by atoms with Gasteiger partial charge in [0.2, 0.25) is 0 Å². The monoisotopic (exact) mass is 268 g/mol. The summed E-state index contributed by atoms with van der Waals surface area (Å²) in [6.07, 6.45) is 5.98. The van der Waals surface area contributed by atoms with Crippen molar-refractivity contribution in [2.75, 3.05) is 33.7 Å². The molecule has 4 heteroatoms. The molecule has 0 aliphatic carbocycles. The van der Waals surface area contributed by atoms with Gasteiger partial charge in [0.05, 0.1) is 5.84 Å². The highest BCUT2D eigenvalue weighted by Gasteiger charge is 2.22. The Kier molecular flexibility index (Phi) is 6.27. The minimum absolute atomic E-state index is 0.133. The van der Waals surface area contributed by atoms with Crippen LogP contribution in [0.25, 0.3) is 0 Å². The molecule has 4 nitrogen and oxygen atoms in total. The van der Waals surface area contributed by atoms with Crippen LogP contribution in [0.2, 0.25) is 0 Å². The zero-order chi connectivity index (χ0) is 14.5. The Bertz CT molecular complexity index is 280. The number of amidine groups is 1. The number of hydrogen-bond donors (Lipinski definition) is 2. The molecule has 1 rings (SSSR count). The maximum Gasteiger partial charge on any atom is 0.0963 e. The maximum atomic E-state index is 7.56. The molecule has 0 bridgehead atoms. The van der Waals surface area contributed by atoms with Crippen molar-refractivity contribution in [2.24, 2.45) is 11.1 Å². The Morgan fingerprint density at radius 1 is 1.32 bits per heavy atom. The van der Waals surface area contributed by atoms with E-state index >= 15 is 0 Å². The van der Waals surface area contributed by atoms with Gasteiger partial charge in [-0.2, -0.15) is 0 Å². The summed E-state index contributed by atoms with van der Waals surface area (Å²) in [6, 6.07) is 0.761. The predicted octanol–water partition coefficient (Wildman–Crippen LogP) is 2.14. The summed E-state index contributed by atoms with van der Waals surface area (Å²) in [5, 5.41) is 7.56. The molecule has 1 aliphatic rings. The molecule has 3 N–H and O–H groups in total. The van der Waals surface area contributed by atoms with Gasteiger partial charge in [-0.1, -0.05) is 20.3 Å². The fourth-order valence-corrected chi connectivity index (χ4v) is 2.68. The first-order valence-electron chi connectivity index (χ1n) is 7.56. The molecule has 0 aromatic heterocycles. The average molecular weight is 268 g/mol. The van der Waals surface area contributed by atoms with E-state index in [0.29, 0.717) is 5.84 Å². The van der Waals surface area contributed by atoms with Crippen molar-refractivity contribution >= 4 is 5.84 Å². The van der Waals surface area contributed by atoms with Crippen molar-refractivity contribution in [3.8, 4) is 0 Å².